The molecule has 0 fully saturated rings. The van der Waals surface area contributed by atoms with E-state index in [0.717, 1.165) is 12.0 Å². The summed E-state index contributed by atoms with van der Waals surface area (Å²) in [4.78, 5) is 8.42. The van der Waals surface area contributed by atoms with Crippen LogP contribution in [0.4, 0.5) is 5.95 Å². The zero-order valence-electron chi connectivity index (χ0n) is 10.7. The summed E-state index contributed by atoms with van der Waals surface area (Å²) in [6, 6.07) is 0.276. The molecule has 0 aliphatic heterocycles. The zero-order chi connectivity index (χ0) is 12.2. The fraction of sp³-hybridized carbons (Fsp3) is 0.667. The molecular weight excluding hydrogens is 202 g/mol. The molecule has 0 saturated heterocycles. The highest BCUT2D eigenvalue weighted by atomic mass is 16.5. The van der Waals surface area contributed by atoms with Gasteiger partial charge in [0.1, 0.15) is 0 Å². The highest BCUT2D eigenvalue weighted by molar-refractivity contribution is 5.25. The van der Waals surface area contributed by atoms with Gasteiger partial charge in [-0.1, -0.05) is 0 Å². The molecule has 0 aliphatic rings. The van der Waals surface area contributed by atoms with Crippen LogP contribution in [0.5, 0.6) is 0 Å². The second-order valence-corrected chi connectivity index (χ2v) is 4.80. The molecule has 0 aromatic carbocycles. The lowest BCUT2D eigenvalue weighted by Crippen LogP contribution is -2.31. The number of hydrogen-bond donors (Lipinski definition) is 1. The van der Waals surface area contributed by atoms with Crippen molar-refractivity contribution in [3.63, 3.8) is 0 Å². The number of aromatic nitrogens is 2. The van der Waals surface area contributed by atoms with Gasteiger partial charge in [-0.2, -0.15) is 0 Å². The van der Waals surface area contributed by atoms with E-state index < -0.39 is 0 Å². The van der Waals surface area contributed by atoms with Crippen LogP contribution in [-0.2, 0) is 4.74 Å². The third-order valence-corrected chi connectivity index (χ3v) is 2.51. The summed E-state index contributed by atoms with van der Waals surface area (Å²) in [7, 11) is 1.73. The largest absolute Gasteiger partial charge is 0.379 e. The average Bonchev–Trinajstić information content (AvgIpc) is 2.21. The minimum absolute atomic E-state index is 0.128. The first-order valence-corrected chi connectivity index (χ1v) is 5.53. The normalized spacial score (nSPS) is 13.6. The minimum atomic E-state index is -0.128. The van der Waals surface area contributed by atoms with Crippen LogP contribution in [-0.4, -0.2) is 28.7 Å². The number of hydrogen-bond acceptors (Lipinski definition) is 4. The Labute approximate surface area is 97.5 Å². The third-order valence-electron chi connectivity index (χ3n) is 2.51. The van der Waals surface area contributed by atoms with Gasteiger partial charge in [-0.3, -0.25) is 0 Å². The maximum Gasteiger partial charge on any atom is 0.222 e. The van der Waals surface area contributed by atoms with E-state index in [9.17, 15) is 0 Å². The molecule has 1 atom stereocenters. The molecule has 0 spiro atoms. The maximum absolute atomic E-state index is 5.38. The molecule has 4 heteroatoms. The lowest BCUT2D eigenvalue weighted by atomic mass is 10.00. The second kappa shape index (κ2) is 5.25. The van der Waals surface area contributed by atoms with Crippen LogP contribution in [0.2, 0.25) is 0 Å². The molecule has 1 aromatic heterocycles. The van der Waals surface area contributed by atoms with Crippen molar-refractivity contribution >= 4 is 5.95 Å². The minimum Gasteiger partial charge on any atom is -0.379 e. The number of aryl methyl sites for hydroxylation is 1. The molecule has 0 radical (unpaired) electrons. The van der Waals surface area contributed by atoms with Crippen molar-refractivity contribution in [1.82, 2.24) is 9.97 Å². The average molecular weight is 223 g/mol. The van der Waals surface area contributed by atoms with Crippen LogP contribution >= 0.6 is 0 Å². The van der Waals surface area contributed by atoms with Crippen molar-refractivity contribution in [2.24, 2.45) is 0 Å². The molecule has 90 valence electrons. The number of nitrogens with one attached hydrogen (secondary N) is 1. The molecule has 1 rings (SSSR count). The smallest absolute Gasteiger partial charge is 0.222 e. The van der Waals surface area contributed by atoms with Gasteiger partial charge in [0.05, 0.1) is 5.60 Å². The van der Waals surface area contributed by atoms with Gasteiger partial charge in [0.15, 0.2) is 0 Å². The van der Waals surface area contributed by atoms with Gasteiger partial charge in [-0.15, -0.1) is 0 Å². The summed E-state index contributed by atoms with van der Waals surface area (Å²) in [6.45, 7) is 8.22. The highest BCUT2D eigenvalue weighted by Gasteiger charge is 2.20. The van der Waals surface area contributed by atoms with Gasteiger partial charge in [-0.25, -0.2) is 9.97 Å². The van der Waals surface area contributed by atoms with E-state index in [1.807, 2.05) is 19.3 Å². The SMILES string of the molecule is COC(C)(C)CC(C)Nc1ncc(C)cn1. The van der Waals surface area contributed by atoms with Crippen LogP contribution in [0, 0.1) is 6.92 Å². The zero-order valence-corrected chi connectivity index (χ0v) is 10.7. The number of nitrogens with zero attached hydrogens (tertiary/aromatic N) is 2. The molecule has 1 unspecified atom stereocenters. The predicted molar refractivity (Wildman–Crippen MR) is 65.6 cm³/mol. The second-order valence-electron chi connectivity index (χ2n) is 4.80. The number of anilines is 1. The monoisotopic (exact) mass is 223 g/mol. The Morgan fingerprint density at radius 3 is 2.44 bits per heavy atom. The Bertz CT molecular complexity index is 322. The summed E-state index contributed by atoms with van der Waals surface area (Å²) in [6.07, 6.45) is 4.52. The Morgan fingerprint density at radius 2 is 1.94 bits per heavy atom. The van der Waals surface area contributed by atoms with Crippen molar-refractivity contribution in [2.45, 2.75) is 45.8 Å². The summed E-state index contributed by atoms with van der Waals surface area (Å²) in [5.41, 5.74) is 0.937. The summed E-state index contributed by atoms with van der Waals surface area (Å²) >= 11 is 0. The Kier molecular flexibility index (Phi) is 4.24. The van der Waals surface area contributed by atoms with Crippen LogP contribution in [0.1, 0.15) is 32.8 Å². The van der Waals surface area contributed by atoms with Crippen molar-refractivity contribution in [2.75, 3.05) is 12.4 Å². The number of rotatable bonds is 5. The molecule has 16 heavy (non-hydrogen) atoms. The summed E-state index contributed by atoms with van der Waals surface area (Å²) in [5.74, 6) is 0.671. The third kappa shape index (κ3) is 4.14. The van der Waals surface area contributed by atoms with Crippen molar-refractivity contribution in [3.05, 3.63) is 18.0 Å². The summed E-state index contributed by atoms with van der Waals surface area (Å²) < 4.78 is 5.38. The number of ether oxygens (including phenoxy) is 1. The van der Waals surface area contributed by atoms with Crippen LogP contribution in [0.25, 0.3) is 0 Å². The van der Waals surface area contributed by atoms with Gasteiger partial charge >= 0.3 is 0 Å². The molecule has 1 N–H and O–H groups in total. The fourth-order valence-corrected chi connectivity index (χ4v) is 1.56. The van der Waals surface area contributed by atoms with Gasteiger partial charge in [0.2, 0.25) is 5.95 Å². The van der Waals surface area contributed by atoms with E-state index in [1.165, 1.54) is 0 Å². The number of methoxy groups -OCH3 is 1. The topological polar surface area (TPSA) is 47.0 Å². The fourth-order valence-electron chi connectivity index (χ4n) is 1.56. The molecule has 0 amide bonds. The van der Waals surface area contributed by atoms with Gasteiger partial charge in [-0.05, 0) is 39.7 Å². The van der Waals surface area contributed by atoms with Crippen molar-refractivity contribution in [1.29, 1.82) is 0 Å². The van der Waals surface area contributed by atoms with Gasteiger partial charge in [0.25, 0.3) is 0 Å². The lowest BCUT2D eigenvalue weighted by molar-refractivity contribution is 0.0127. The first kappa shape index (κ1) is 12.9. The first-order valence-electron chi connectivity index (χ1n) is 5.53. The maximum atomic E-state index is 5.38. The van der Waals surface area contributed by atoms with Gasteiger partial charge < -0.3 is 10.1 Å². The molecule has 1 aromatic rings. The molecule has 0 saturated carbocycles. The first-order chi connectivity index (χ1) is 7.43. The van der Waals surface area contributed by atoms with Crippen molar-refractivity contribution in [3.8, 4) is 0 Å². The summed E-state index contributed by atoms with van der Waals surface area (Å²) in [5, 5.41) is 3.26. The van der Waals surface area contributed by atoms with Crippen LogP contribution in [0.15, 0.2) is 12.4 Å². The lowest BCUT2D eigenvalue weighted by Gasteiger charge is -2.27. The van der Waals surface area contributed by atoms with E-state index in [1.54, 1.807) is 7.11 Å². The quantitative estimate of drug-likeness (QED) is 0.832. The van der Waals surface area contributed by atoms with Gasteiger partial charge in [0, 0.05) is 25.5 Å². The standard InChI is InChI=1S/C12H21N3O/c1-9-7-13-11(14-8-9)15-10(2)6-12(3,4)16-5/h7-8,10H,6H2,1-5H3,(H,13,14,15). The van der Waals surface area contributed by atoms with E-state index in [-0.39, 0.29) is 11.6 Å². The molecule has 1 heterocycles. The van der Waals surface area contributed by atoms with Crippen LogP contribution in [0.3, 0.4) is 0 Å². The van der Waals surface area contributed by atoms with E-state index >= 15 is 0 Å². The van der Waals surface area contributed by atoms with E-state index in [0.29, 0.717) is 5.95 Å². The van der Waals surface area contributed by atoms with E-state index in [4.69, 9.17) is 4.74 Å². The van der Waals surface area contributed by atoms with E-state index in [2.05, 4.69) is 36.1 Å². The highest BCUT2D eigenvalue weighted by Crippen LogP contribution is 2.17. The molecular formula is C12H21N3O. The van der Waals surface area contributed by atoms with Crippen LogP contribution < -0.4 is 5.32 Å². The molecule has 0 aliphatic carbocycles. The predicted octanol–water partition coefficient (Wildman–Crippen LogP) is 2.40. The Hall–Kier alpha value is -1.16. The molecule has 0 bridgehead atoms. The Balaban J connectivity index is 2.51. The van der Waals surface area contributed by atoms with Crippen molar-refractivity contribution < 1.29 is 4.74 Å². The Morgan fingerprint density at radius 1 is 1.38 bits per heavy atom. The molecule has 4 nitrogen and oxygen atoms in total.